The van der Waals surface area contributed by atoms with Crippen molar-refractivity contribution in [1.82, 2.24) is 4.98 Å². The summed E-state index contributed by atoms with van der Waals surface area (Å²) in [4.78, 5) is 4.49. The Morgan fingerprint density at radius 3 is 2.71 bits per heavy atom. The molecule has 0 aliphatic carbocycles. The Kier molecular flexibility index (Phi) is 4.10. The molecule has 5 heteroatoms. The number of ether oxygens (including phenoxy) is 1. The van der Waals surface area contributed by atoms with Gasteiger partial charge in [0.1, 0.15) is 11.5 Å². The van der Waals surface area contributed by atoms with Crippen molar-refractivity contribution in [3.05, 3.63) is 63.7 Å². The highest BCUT2D eigenvalue weighted by Crippen LogP contribution is 2.35. The number of para-hydroxylation sites is 1. The third kappa shape index (κ3) is 3.02. The Balaban J connectivity index is 2.13. The van der Waals surface area contributed by atoms with Crippen LogP contribution >= 0.6 is 27.5 Å². The lowest BCUT2D eigenvalue weighted by Crippen LogP contribution is -2.00. The van der Waals surface area contributed by atoms with Gasteiger partial charge in [-0.3, -0.25) is 4.98 Å². The van der Waals surface area contributed by atoms with E-state index < -0.39 is 0 Å². The molecule has 1 aromatic heterocycles. The summed E-state index contributed by atoms with van der Waals surface area (Å²) in [5.74, 6) is 1.28. The maximum absolute atomic E-state index is 6.18. The van der Waals surface area contributed by atoms with Crippen LogP contribution in [0.2, 0.25) is 5.02 Å². The Morgan fingerprint density at radius 2 is 1.90 bits per heavy atom. The first-order valence-corrected chi connectivity index (χ1v) is 7.56. The molecule has 0 spiro atoms. The molecule has 3 rings (SSSR count). The molecule has 0 amide bonds. The average Bonchev–Trinajstić information content (AvgIpc) is 2.50. The van der Waals surface area contributed by atoms with Crippen LogP contribution < -0.4 is 10.5 Å². The van der Waals surface area contributed by atoms with E-state index in [0.717, 1.165) is 21.1 Å². The third-order valence-electron chi connectivity index (χ3n) is 3.05. The minimum absolute atomic E-state index is 0.355. The zero-order valence-corrected chi connectivity index (χ0v) is 13.4. The molecular formula is C16H12BrClN2O. The molecule has 3 nitrogen and oxygen atoms in total. The van der Waals surface area contributed by atoms with E-state index in [1.807, 2.05) is 42.5 Å². The number of rotatable bonds is 3. The molecule has 0 aliphatic rings. The number of aromatic nitrogens is 1. The summed E-state index contributed by atoms with van der Waals surface area (Å²) in [6.45, 7) is 0.355. The van der Waals surface area contributed by atoms with Crippen LogP contribution in [0.1, 0.15) is 5.69 Å². The van der Waals surface area contributed by atoms with Gasteiger partial charge in [-0.25, -0.2) is 0 Å². The molecule has 2 aromatic carbocycles. The van der Waals surface area contributed by atoms with E-state index >= 15 is 0 Å². The van der Waals surface area contributed by atoms with E-state index in [2.05, 4.69) is 20.9 Å². The molecule has 3 aromatic rings. The number of nitrogens with zero attached hydrogens (tertiary/aromatic N) is 1. The fourth-order valence-corrected chi connectivity index (χ4v) is 2.55. The first-order valence-electron chi connectivity index (χ1n) is 6.39. The second-order valence-electron chi connectivity index (χ2n) is 4.51. The highest BCUT2D eigenvalue weighted by Gasteiger charge is 2.09. The third-order valence-corrected chi connectivity index (χ3v) is 3.86. The molecule has 0 radical (unpaired) electrons. The first-order chi connectivity index (χ1) is 10.2. The van der Waals surface area contributed by atoms with E-state index in [1.54, 1.807) is 6.07 Å². The summed E-state index contributed by atoms with van der Waals surface area (Å²) in [6.07, 6.45) is 0. The Morgan fingerprint density at radius 1 is 1.10 bits per heavy atom. The molecule has 2 N–H and O–H groups in total. The predicted molar refractivity (Wildman–Crippen MR) is 88.9 cm³/mol. The Hall–Kier alpha value is -1.62. The summed E-state index contributed by atoms with van der Waals surface area (Å²) in [6, 6.07) is 15.1. The molecule has 0 fully saturated rings. The quantitative estimate of drug-likeness (QED) is 0.720. The average molecular weight is 364 g/mol. The van der Waals surface area contributed by atoms with Gasteiger partial charge >= 0.3 is 0 Å². The second kappa shape index (κ2) is 6.02. The highest BCUT2D eigenvalue weighted by atomic mass is 79.9. The molecular weight excluding hydrogens is 352 g/mol. The summed E-state index contributed by atoms with van der Waals surface area (Å²) < 4.78 is 6.89. The monoisotopic (exact) mass is 362 g/mol. The van der Waals surface area contributed by atoms with Gasteiger partial charge in [0, 0.05) is 22.5 Å². The fraction of sp³-hybridized carbons (Fsp3) is 0.0625. The van der Waals surface area contributed by atoms with Crippen molar-refractivity contribution < 1.29 is 4.74 Å². The molecule has 0 saturated carbocycles. The van der Waals surface area contributed by atoms with Crippen LogP contribution in [-0.2, 0) is 6.54 Å². The van der Waals surface area contributed by atoms with Crippen LogP contribution in [0.3, 0.4) is 0 Å². The number of fused-ring (bicyclic) bond motifs is 1. The number of nitrogens with two attached hydrogens (primary N) is 1. The number of halogens is 2. The standard InChI is InChI=1S/C16H12BrClN2O/c17-10-5-6-13(18)16(7-10)21-15-8-11(9-19)20-14-4-2-1-3-12(14)15/h1-8H,9,19H2. The van der Waals surface area contributed by atoms with Crippen molar-refractivity contribution in [3.8, 4) is 11.5 Å². The number of hydrogen-bond donors (Lipinski definition) is 1. The van der Waals surface area contributed by atoms with Gasteiger partial charge in [-0.15, -0.1) is 0 Å². The van der Waals surface area contributed by atoms with E-state index in [1.165, 1.54) is 0 Å². The minimum Gasteiger partial charge on any atom is -0.455 e. The number of pyridine rings is 1. The van der Waals surface area contributed by atoms with Gasteiger partial charge in [0.2, 0.25) is 0 Å². The van der Waals surface area contributed by atoms with Crippen molar-refractivity contribution in [2.75, 3.05) is 0 Å². The predicted octanol–water partition coefficient (Wildman–Crippen LogP) is 4.90. The molecule has 106 valence electrons. The Labute approximate surface area is 135 Å². The summed E-state index contributed by atoms with van der Waals surface area (Å²) in [7, 11) is 0. The normalized spacial score (nSPS) is 10.8. The zero-order chi connectivity index (χ0) is 14.8. The lowest BCUT2D eigenvalue weighted by Gasteiger charge is -2.12. The molecule has 0 unspecified atom stereocenters. The van der Waals surface area contributed by atoms with Gasteiger partial charge in [0.15, 0.2) is 0 Å². The fourth-order valence-electron chi connectivity index (χ4n) is 2.06. The second-order valence-corrected chi connectivity index (χ2v) is 5.83. The summed E-state index contributed by atoms with van der Waals surface area (Å²) in [5, 5.41) is 1.47. The maximum atomic E-state index is 6.18. The minimum atomic E-state index is 0.355. The van der Waals surface area contributed by atoms with Gasteiger partial charge < -0.3 is 10.5 Å². The van der Waals surface area contributed by atoms with Crippen LogP contribution in [0, 0.1) is 0 Å². The van der Waals surface area contributed by atoms with Crippen molar-refractivity contribution in [1.29, 1.82) is 0 Å². The highest BCUT2D eigenvalue weighted by molar-refractivity contribution is 9.10. The van der Waals surface area contributed by atoms with Gasteiger partial charge in [0.05, 0.1) is 16.2 Å². The van der Waals surface area contributed by atoms with Gasteiger partial charge in [-0.05, 0) is 30.3 Å². The lowest BCUT2D eigenvalue weighted by atomic mass is 10.2. The van der Waals surface area contributed by atoms with Crippen LogP contribution in [0.25, 0.3) is 10.9 Å². The lowest BCUT2D eigenvalue weighted by molar-refractivity contribution is 0.487. The van der Waals surface area contributed by atoms with Crippen LogP contribution in [0.5, 0.6) is 11.5 Å². The van der Waals surface area contributed by atoms with Gasteiger partial charge in [-0.1, -0.05) is 39.7 Å². The zero-order valence-electron chi connectivity index (χ0n) is 11.0. The van der Waals surface area contributed by atoms with Crippen molar-refractivity contribution in [2.45, 2.75) is 6.54 Å². The van der Waals surface area contributed by atoms with E-state index in [4.69, 9.17) is 22.1 Å². The largest absolute Gasteiger partial charge is 0.455 e. The van der Waals surface area contributed by atoms with Crippen LogP contribution in [-0.4, -0.2) is 4.98 Å². The van der Waals surface area contributed by atoms with Crippen molar-refractivity contribution in [2.24, 2.45) is 5.73 Å². The van der Waals surface area contributed by atoms with Crippen molar-refractivity contribution >= 4 is 38.4 Å². The Bertz CT molecular complexity index is 807. The van der Waals surface area contributed by atoms with Crippen LogP contribution in [0.15, 0.2) is 53.0 Å². The number of benzene rings is 2. The van der Waals surface area contributed by atoms with Gasteiger partial charge in [0.25, 0.3) is 0 Å². The smallest absolute Gasteiger partial charge is 0.147 e. The summed E-state index contributed by atoms with van der Waals surface area (Å²) in [5.41, 5.74) is 7.33. The van der Waals surface area contributed by atoms with Crippen LogP contribution in [0.4, 0.5) is 0 Å². The number of hydrogen-bond acceptors (Lipinski definition) is 3. The van der Waals surface area contributed by atoms with Gasteiger partial charge in [-0.2, -0.15) is 0 Å². The van der Waals surface area contributed by atoms with E-state index in [9.17, 15) is 0 Å². The topological polar surface area (TPSA) is 48.1 Å². The molecule has 0 aliphatic heterocycles. The molecule has 1 heterocycles. The van der Waals surface area contributed by atoms with E-state index in [0.29, 0.717) is 23.1 Å². The maximum Gasteiger partial charge on any atom is 0.147 e. The molecule has 21 heavy (non-hydrogen) atoms. The van der Waals surface area contributed by atoms with Crippen molar-refractivity contribution in [3.63, 3.8) is 0 Å². The molecule has 0 bridgehead atoms. The van der Waals surface area contributed by atoms with E-state index in [-0.39, 0.29) is 0 Å². The molecule has 0 atom stereocenters. The molecule has 0 saturated heterocycles. The first kappa shape index (κ1) is 14.3. The summed E-state index contributed by atoms with van der Waals surface area (Å²) >= 11 is 9.60. The SMILES string of the molecule is NCc1cc(Oc2cc(Br)ccc2Cl)c2ccccc2n1.